The molecule has 4 nitrogen and oxygen atoms in total. The van der Waals surface area contributed by atoms with Crippen LogP contribution < -0.4 is 10.7 Å². The molecule has 0 saturated heterocycles. The van der Waals surface area contributed by atoms with E-state index in [0.29, 0.717) is 37.5 Å². The predicted octanol–water partition coefficient (Wildman–Crippen LogP) is 5.10. The molecule has 0 atom stereocenters. The molecule has 0 aliphatic heterocycles. The summed E-state index contributed by atoms with van der Waals surface area (Å²) < 4.78 is 1.84. The smallest absolute Gasteiger partial charge is 0.244 e. The van der Waals surface area contributed by atoms with E-state index in [-0.39, 0.29) is 17.9 Å². The summed E-state index contributed by atoms with van der Waals surface area (Å²) >= 11 is 12.0. The second-order valence-electron chi connectivity index (χ2n) is 6.12. The zero-order valence-electron chi connectivity index (χ0n) is 14.1. The molecule has 1 aromatic heterocycles. The summed E-state index contributed by atoms with van der Waals surface area (Å²) in [7, 11) is 0. The molecule has 1 heterocycles. The number of amides is 1. The second-order valence-corrected chi connectivity index (χ2v) is 6.97. The molecule has 6 heteroatoms. The summed E-state index contributed by atoms with van der Waals surface area (Å²) in [6.07, 6.45) is 0. The van der Waals surface area contributed by atoms with Gasteiger partial charge in [0.15, 0.2) is 5.43 Å². The molecule has 3 aromatic carbocycles. The topological polar surface area (TPSA) is 51.1 Å². The summed E-state index contributed by atoms with van der Waals surface area (Å²) in [5, 5.41) is 4.82. The van der Waals surface area contributed by atoms with Crippen LogP contribution in [0.5, 0.6) is 0 Å². The molecule has 0 bridgehead atoms. The maximum Gasteiger partial charge on any atom is 0.244 e. The van der Waals surface area contributed by atoms with E-state index >= 15 is 0 Å². The van der Waals surface area contributed by atoms with Crippen molar-refractivity contribution in [2.24, 2.45) is 0 Å². The summed E-state index contributed by atoms with van der Waals surface area (Å²) in [5.41, 5.74) is 1.86. The molecular weight excluding hydrogens is 383 g/mol. The minimum Gasteiger partial charge on any atom is -0.331 e. The molecule has 27 heavy (non-hydrogen) atoms. The highest BCUT2D eigenvalue weighted by Crippen LogP contribution is 2.26. The number of halogens is 2. The van der Waals surface area contributed by atoms with Gasteiger partial charge in [0.25, 0.3) is 0 Å². The Bertz CT molecular complexity index is 1190. The van der Waals surface area contributed by atoms with Gasteiger partial charge < -0.3 is 9.88 Å². The largest absolute Gasteiger partial charge is 0.331 e. The molecule has 0 radical (unpaired) electrons. The van der Waals surface area contributed by atoms with Crippen LogP contribution in [-0.4, -0.2) is 10.5 Å². The van der Waals surface area contributed by atoms with Gasteiger partial charge in [-0.2, -0.15) is 0 Å². The average Bonchev–Trinajstić information content (AvgIpc) is 2.67. The number of nitrogens with zero attached hydrogens (tertiary/aromatic N) is 1. The van der Waals surface area contributed by atoms with Crippen LogP contribution in [0.1, 0.15) is 0 Å². The number of rotatable bonds is 3. The number of carbonyl (C=O) groups is 1. The minimum absolute atomic E-state index is 0.0419. The molecule has 4 rings (SSSR count). The highest BCUT2D eigenvalue weighted by atomic mass is 35.5. The molecule has 0 saturated carbocycles. The van der Waals surface area contributed by atoms with Gasteiger partial charge in [-0.1, -0.05) is 47.5 Å². The Morgan fingerprint density at radius 1 is 0.889 bits per heavy atom. The highest BCUT2D eigenvalue weighted by molar-refractivity contribution is 6.36. The lowest BCUT2D eigenvalue weighted by Gasteiger charge is -2.15. The summed E-state index contributed by atoms with van der Waals surface area (Å²) in [4.78, 5) is 25.4. The molecule has 0 aliphatic rings. The van der Waals surface area contributed by atoms with Gasteiger partial charge in [-0.3, -0.25) is 9.59 Å². The fourth-order valence-corrected chi connectivity index (χ4v) is 3.63. The van der Waals surface area contributed by atoms with Crippen LogP contribution in [-0.2, 0) is 11.3 Å². The fraction of sp³-hybridized carbons (Fsp3) is 0.0476. The van der Waals surface area contributed by atoms with Crippen molar-refractivity contribution >= 4 is 56.6 Å². The van der Waals surface area contributed by atoms with Gasteiger partial charge in [0, 0.05) is 15.8 Å². The third-order valence-corrected chi connectivity index (χ3v) is 4.93. The number of hydrogen-bond acceptors (Lipinski definition) is 2. The van der Waals surface area contributed by atoms with E-state index < -0.39 is 0 Å². The van der Waals surface area contributed by atoms with Crippen LogP contribution in [0.25, 0.3) is 21.8 Å². The second kappa shape index (κ2) is 7.06. The van der Waals surface area contributed by atoms with Crippen molar-refractivity contribution in [3.05, 3.63) is 87.0 Å². The summed E-state index contributed by atoms with van der Waals surface area (Å²) in [5.74, 6) is -0.252. The van der Waals surface area contributed by atoms with Gasteiger partial charge in [-0.15, -0.1) is 0 Å². The van der Waals surface area contributed by atoms with Gasteiger partial charge in [0.1, 0.15) is 6.54 Å². The van der Waals surface area contributed by atoms with Crippen molar-refractivity contribution in [1.29, 1.82) is 0 Å². The maximum atomic E-state index is 12.7. The Kier molecular flexibility index (Phi) is 4.60. The van der Waals surface area contributed by atoms with Gasteiger partial charge in [-0.05, 0) is 42.5 Å². The molecule has 0 aliphatic carbocycles. The zero-order valence-corrected chi connectivity index (χ0v) is 15.6. The molecule has 134 valence electrons. The van der Waals surface area contributed by atoms with Gasteiger partial charge >= 0.3 is 0 Å². The third-order valence-electron chi connectivity index (χ3n) is 4.39. The number of nitrogens with one attached hydrogen (secondary N) is 1. The first-order valence-electron chi connectivity index (χ1n) is 8.30. The lowest BCUT2D eigenvalue weighted by atomic mass is 10.1. The number of benzene rings is 3. The van der Waals surface area contributed by atoms with Crippen molar-refractivity contribution in [1.82, 2.24) is 4.57 Å². The minimum atomic E-state index is -0.252. The first kappa shape index (κ1) is 17.6. The van der Waals surface area contributed by atoms with E-state index in [4.69, 9.17) is 23.2 Å². The molecule has 1 N–H and O–H groups in total. The van der Waals surface area contributed by atoms with E-state index in [1.54, 1.807) is 30.3 Å². The van der Waals surface area contributed by atoms with E-state index in [1.807, 2.05) is 41.0 Å². The van der Waals surface area contributed by atoms with E-state index in [1.165, 1.54) is 0 Å². The van der Waals surface area contributed by atoms with Crippen molar-refractivity contribution in [3.8, 4) is 0 Å². The lowest BCUT2D eigenvalue weighted by Crippen LogP contribution is -2.21. The van der Waals surface area contributed by atoms with Crippen molar-refractivity contribution in [3.63, 3.8) is 0 Å². The molecule has 0 fully saturated rings. The Morgan fingerprint density at radius 3 is 2.07 bits per heavy atom. The molecular formula is C21H14Cl2N2O2. The average molecular weight is 397 g/mol. The quantitative estimate of drug-likeness (QED) is 0.489. The number of para-hydroxylation sites is 2. The fourth-order valence-electron chi connectivity index (χ4n) is 3.17. The SMILES string of the molecule is O=C(Cn1c2ccccc2c(=O)c2ccccc21)Nc1ccc(Cl)cc1Cl. The van der Waals surface area contributed by atoms with Gasteiger partial charge in [0.05, 0.1) is 21.7 Å². The number of fused-ring (bicyclic) bond motifs is 2. The van der Waals surface area contributed by atoms with Crippen LogP contribution in [0.4, 0.5) is 5.69 Å². The van der Waals surface area contributed by atoms with Crippen LogP contribution in [0.3, 0.4) is 0 Å². The maximum absolute atomic E-state index is 12.7. The highest BCUT2D eigenvalue weighted by Gasteiger charge is 2.13. The first-order valence-corrected chi connectivity index (χ1v) is 9.05. The Labute approximate surface area is 164 Å². The van der Waals surface area contributed by atoms with Gasteiger partial charge in [0.2, 0.25) is 5.91 Å². The van der Waals surface area contributed by atoms with Crippen molar-refractivity contribution < 1.29 is 4.79 Å². The molecule has 1 amide bonds. The Balaban J connectivity index is 1.79. The van der Waals surface area contributed by atoms with Crippen LogP contribution in [0.2, 0.25) is 10.0 Å². The number of anilines is 1. The molecule has 0 spiro atoms. The first-order chi connectivity index (χ1) is 13.0. The van der Waals surface area contributed by atoms with E-state index in [9.17, 15) is 9.59 Å². The number of hydrogen-bond donors (Lipinski definition) is 1. The number of pyridine rings is 1. The molecule has 4 aromatic rings. The van der Waals surface area contributed by atoms with Crippen LogP contribution in [0, 0.1) is 0 Å². The Morgan fingerprint density at radius 2 is 1.48 bits per heavy atom. The van der Waals surface area contributed by atoms with Crippen molar-refractivity contribution in [2.45, 2.75) is 6.54 Å². The normalized spacial score (nSPS) is 11.0. The zero-order chi connectivity index (χ0) is 19.0. The Hall–Kier alpha value is -2.82. The number of carbonyl (C=O) groups excluding carboxylic acids is 1. The summed E-state index contributed by atoms with van der Waals surface area (Å²) in [6, 6.07) is 19.4. The number of aromatic nitrogens is 1. The predicted molar refractivity (Wildman–Crippen MR) is 111 cm³/mol. The monoisotopic (exact) mass is 396 g/mol. The standard InChI is InChI=1S/C21H14Cl2N2O2/c22-13-9-10-17(16(23)11-13)24-20(26)12-25-18-7-3-1-5-14(18)21(27)15-6-2-4-8-19(15)25/h1-11H,12H2,(H,24,26). The van der Waals surface area contributed by atoms with E-state index in [2.05, 4.69) is 5.32 Å². The van der Waals surface area contributed by atoms with Gasteiger partial charge in [-0.25, -0.2) is 0 Å². The van der Waals surface area contributed by atoms with Crippen molar-refractivity contribution in [2.75, 3.05) is 5.32 Å². The molecule has 0 unspecified atom stereocenters. The third kappa shape index (κ3) is 3.29. The van der Waals surface area contributed by atoms with Crippen LogP contribution >= 0.6 is 23.2 Å². The van der Waals surface area contributed by atoms with Crippen LogP contribution in [0.15, 0.2) is 71.5 Å². The van der Waals surface area contributed by atoms with E-state index in [0.717, 1.165) is 0 Å². The lowest BCUT2D eigenvalue weighted by molar-refractivity contribution is -0.116. The summed E-state index contributed by atoms with van der Waals surface area (Å²) in [6.45, 7) is 0.0419.